The third-order valence-corrected chi connectivity index (χ3v) is 12.7. The number of thioether (sulfide) groups is 1. The van der Waals surface area contributed by atoms with E-state index in [0.29, 0.717) is 20.7 Å². The number of benzene rings is 1. The van der Waals surface area contributed by atoms with Crippen molar-refractivity contribution in [3.8, 4) is 29.1 Å². The summed E-state index contributed by atoms with van der Waals surface area (Å²) >= 11 is 3.24. The number of hydrogen-bond acceptors (Lipinski definition) is 25. The molecule has 2 atom stereocenters. The lowest BCUT2D eigenvalue weighted by molar-refractivity contribution is -0.432. The van der Waals surface area contributed by atoms with E-state index in [0.717, 1.165) is 26.1 Å². The van der Waals surface area contributed by atoms with Crippen molar-refractivity contribution < 1.29 is 32.7 Å². The molecule has 0 spiro atoms. The smallest absolute Gasteiger partial charge is 0.320 e. The lowest BCUT2D eigenvalue weighted by Gasteiger charge is -2.14. The van der Waals surface area contributed by atoms with Crippen molar-refractivity contribution in [3.05, 3.63) is 82.1 Å². The Morgan fingerprint density at radius 3 is 2.28 bits per heavy atom. The summed E-state index contributed by atoms with van der Waals surface area (Å²) in [6.07, 6.45) is 7.03. The van der Waals surface area contributed by atoms with Crippen molar-refractivity contribution in [3.63, 3.8) is 0 Å². The molecule has 65 heavy (non-hydrogen) atoms. The second-order valence-electron chi connectivity index (χ2n) is 13.2. The Kier molecular flexibility index (Phi) is 10.9. The van der Waals surface area contributed by atoms with Crippen LogP contribution in [0.5, 0.6) is 6.01 Å². The fourth-order valence-corrected chi connectivity index (χ4v) is 9.27. The highest BCUT2D eigenvalue weighted by Gasteiger charge is 2.33. The van der Waals surface area contributed by atoms with Gasteiger partial charge in [0.2, 0.25) is 16.8 Å². The first-order chi connectivity index (χ1) is 31.2. The van der Waals surface area contributed by atoms with E-state index in [1.807, 2.05) is 6.07 Å². The minimum Gasteiger partial charge on any atom is -0.479 e. The van der Waals surface area contributed by atoms with Crippen LogP contribution in [0.1, 0.15) is 17.0 Å². The molecule has 0 saturated heterocycles. The molecular weight excluding hydrogens is 931 g/mol. The van der Waals surface area contributed by atoms with E-state index in [2.05, 4.69) is 80.0 Å². The van der Waals surface area contributed by atoms with Gasteiger partial charge in [0, 0.05) is 11.1 Å². The highest BCUT2D eigenvalue weighted by Crippen LogP contribution is 2.38. The molecule has 7 N–H and O–H groups in total. The monoisotopic (exact) mass is 953 g/mol. The Hall–Kier alpha value is -7.82. The molecule has 6 aromatic heterocycles. The van der Waals surface area contributed by atoms with Gasteiger partial charge in [-0.25, -0.2) is 24.4 Å². The Morgan fingerprint density at radius 2 is 1.63 bits per heavy atom. The second kappa shape index (κ2) is 16.7. The van der Waals surface area contributed by atoms with Crippen LogP contribution in [-0.2, 0) is 19.5 Å². The van der Waals surface area contributed by atoms with Gasteiger partial charge in [0.25, 0.3) is 27.7 Å². The van der Waals surface area contributed by atoms with Crippen LogP contribution in [0.4, 0.5) is 40.3 Å². The van der Waals surface area contributed by atoms with Crippen molar-refractivity contribution in [2.45, 2.75) is 30.0 Å². The molecule has 9 rings (SSSR count). The number of fused-ring (bicyclic) bond motifs is 2. The summed E-state index contributed by atoms with van der Waals surface area (Å²) in [5.74, 6) is -0.899. The predicted octanol–water partition coefficient (Wildman–Crippen LogP) is 5.43. The van der Waals surface area contributed by atoms with Crippen molar-refractivity contribution in [1.82, 2.24) is 59.1 Å². The third-order valence-electron chi connectivity index (χ3n) is 9.03. The zero-order valence-corrected chi connectivity index (χ0v) is 35.8. The SMILES string of the molecule is [C-]#[N+]c1cn(C2=NC3C=CC(S(=O)(=O)O)=CC3S2)nc1N=Nc1c(C)nn(-c2nc(O)nc(-n3nc(C)c(N=Nc4nn(-c5nc6ccc(SOOO)cc6s5)cc4C#N)c3N)n2)c1N. The van der Waals surface area contributed by atoms with Gasteiger partial charge >= 0.3 is 6.01 Å². The molecule has 0 bridgehead atoms. The number of nitrogens with two attached hydrogens (primary N) is 2. The topological polar surface area (TPSA) is 378 Å². The zero-order valence-electron chi connectivity index (χ0n) is 32.5. The molecule has 1 aliphatic heterocycles. The summed E-state index contributed by atoms with van der Waals surface area (Å²) in [7, 11) is -4.41. The van der Waals surface area contributed by atoms with Gasteiger partial charge in [-0.1, -0.05) is 34.2 Å². The van der Waals surface area contributed by atoms with E-state index >= 15 is 0 Å². The maximum atomic E-state index is 11.6. The average Bonchev–Trinajstić information content (AvgIpc) is 4.14. The predicted molar refractivity (Wildman–Crippen MR) is 230 cm³/mol. The van der Waals surface area contributed by atoms with Crippen LogP contribution < -0.4 is 11.5 Å². The number of aromatic hydroxyl groups is 1. The number of anilines is 2. The van der Waals surface area contributed by atoms with Gasteiger partial charge in [-0.3, -0.25) is 9.55 Å². The Balaban J connectivity index is 0.952. The number of rotatable bonds is 11. The van der Waals surface area contributed by atoms with E-state index in [1.165, 1.54) is 57.0 Å². The van der Waals surface area contributed by atoms with Crippen molar-refractivity contribution in [2.24, 2.45) is 25.4 Å². The van der Waals surface area contributed by atoms with Gasteiger partial charge in [-0.05, 0) is 44.2 Å². The Morgan fingerprint density at radius 1 is 0.954 bits per heavy atom. The number of aromatic nitrogens is 12. The fraction of sp³-hybridized carbons (Fsp3) is 0.121. The highest BCUT2D eigenvalue weighted by atomic mass is 32.2. The number of azo groups is 2. The summed E-state index contributed by atoms with van der Waals surface area (Å²) in [5, 5.41) is 67.1. The average molecular weight is 954 g/mol. The van der Waals surface area contributed by atoms with Crippen LogP contribution in [0.3, 0.4) is 0 Å². The van der Waals surface area contributed by atoms with E-state index in [9.17, 15) is 23.3 Å². The van der Waals surface area contributed by atoms with Crippen LogP contribution in [0.25, 0.3) is 32.1 Å². The summed E-state index contributed by atoms with van der Waals surface area (Å²) < 4.78 is 42.8. The molecule has 0 saturated carbocycles. The van der Waals surface area contributed by atoms with Crippen LogP contribution >= 0.6 is 35.1 Å². The fourth-order valence-electron chi connectivity index (χ4n) is 6.07. The van der Waals surface area contributed by atoms with E-state index < -0.39 is 27.4 Å². The maximum Gasteiger partial charge on any atom is 0.320 e. The van der Waals surface area contributed by atoms with Gasteiger partial charge in [0.05, 0.1) is 62.6 Å². The third kappa shape index (κ3) is 8.16. The maximum absolute atomic E-state index is 11.6. The summed E-state index contributed by atoms with van der Waals surface area (Å²) in [5.41, 5.74) is 14.2. The molecule has 0 fully saturated rings. The van der Waals surface area contributed by atoms with Crippen LogP contribution in [-0.4, -0.2) is 98.9 Å². The first-order valence-electron chi connectivity index (χ1n) is 17.9. The minimum absolute atomic E-state index is 0.0146. The van der Waals surface area contributed by atoms with Crippen molar-refractivity contribution in [2.75, 3.05) is 11.5 Å². The van der Waals surface area contributed by atoms with Crippen molar-refractivity contribution in [1.29, 1.82) is 5.26 Å². The molecular formula is C33H23N21O7S4. The zero-order chi connectivity index (χ0) is 45.7. The molecule has 0 amide bonds. The van der Waals surface area contributed by atoms with Crippen LogP contribution in [0, 0.1) is 31.8 Å². The van der Waals surface area contributed by atoms with E-state index in [-0.39, 0.29) is 74.1 Å². The van der Waals surface area contributed by atoms with Crippen molar-refractivity contribution >= 4 is 101 Å². The number of nitriles is 1. The largest absolute Gasteiger partial charge is 0.479 e. The molecule has 32 heteroatoms. The standard InChI is InChI=1S/C33H23N21O7S4/c1-13-23(43-45-27-15(10-34)11-51(49-27)32-38-18-6-4-16(64-61-60-56)8-21(18)62-32)25(35)53(47-13)29-40-30(42-31(55)41-29)54-26(36)24(14(2)48-54)44-46-28-20(37-3)12-52(50-28)33-39-19-7-5-17(65(57,58)59)9-22(19)63-33/h4-9,11-12,19,22,56H,35-36H2,1-2H3,(H,57,58,59)(H,40,41,42,55). The molecule has 0 radical (unpaired) electrons. The van der Waals surface area contributed by atoms with E-state index in [1.54, 1.807) is 38.1 Å². The molecule has 7 heterocycles. The lowest BCUT2D eigenvalue weighted by Crippen LogP contribution is -2.18. The number of aliphatic imine (C=N–C) groups is 1. The molecule has 2 unspecified atom stereocenters. The summed E-state index contributed by atoms with van der Waals surface area (Å²) in [4.78, 5) is 25.3. The number of nitrogen functional groups attached to an aromatic ring is 2. The summed E-state index contributed by atoms with van der Waals surface area (Å²) in [6.45, 7) is 10.8. The molecule has 1 aromatic carbocycles. The first kappa shape index (κ1) is 42.5. The molecule has 28 nitrogen and oxygen atoms in total. The van der Waals surface area contributed by atoms with Crippen LogP contribution in [0.2, 0.25) is 0 Å². The number of thiazole rings is 1. The minimum atomic E-state index is -4.41. The van der Waals surface area contributed by atoms with Gasteiger partial charge in [-0.2, -0.15) is 53.3 Å². The number of nitrogens with zero attached hydrogens (tertiary/aromatic N) is 19. The van der Waals surface area contributed by atoms with E-state index in [4.69, 9.17) is 23.3 Å². The Bertz CT molecular complexity index is 3460. The number of allylic oxidation sites excluding steroid dienone is 1. The lowest BCUT2D eigenvalue weighted by atomic mass is 10.1. The molecule has 7 aromatic rings. The van der Waals surface area contributed by atoms with Crippen LogP contribution in [0.15, 0.2) is 84.1 Å². The second-order valence-corrected chi connectivity index (χ2v) is 17.5. The van der Waals surface area contributed by atoms with Gasteiger partial charge in [0.15, 0.2) is 28.2 Å². The number of hydrogen-bond donors (Lipinski definition) is 5. The summed E-state index contributed by atoms with van der Waals surface area (Å²) in [6, 6.07) is 6.07. The normalized spacial score (nSPS) is 16.1. The molecule has 1 aliphatic carbocycles. The highest BCUT2D eigenvalue weighted by molar-refractivity contribution is 8.14. The Labute approximate surface area is 374 Å². The molecule has 326 valence electrons. The van der Waals surface area contributed by atoms with Gasteiger partial charge in [-0.15, -0.1) is 29.9 Å². The van der Waals surface area contributed by atoms with Gasteiger partial charge < -0.3 is 16.6 Å². The van der Waals surface area contributed by atoms with Gasteiger partial charge in [0.1, 0.15) is 11.6 Å². The number of aryl methyl sites for hydroxylation is 2. The first-order valence-corrected chi connectivity index (χ1v) is 21.7. The molecule has 2 aliphatic rings. The quantitative estimate of drug-likeness (QED) is 0.0269.